The van der Waals surface area contributed by atoms with Gasteiger partial charge in [0.25, 0.3) is 5.91 Å². The molecule has 2 aromatic carbocycles. The van der Waals surface area contributed by atoms with E-state index in [1.807, 2.05) is 54.6 Å². The van der Waals surface area contributed by atoms with Crippen molar-refractivity contribution < 1.29 is 19.1 Å². The van der Waals surface area contributed by atoms with E-state index in [-0.39, 0.29) is 5.91 Å². The van der Waals surface area contributed by atoms with Crippen LogP contribution in [0.5, 0.6) is 0 Å². The maximum Gasteiger partial charge on any atom is 0.339 e. The molecule has 0 radical (unpaired) electrons. The third kappa shape index (κ3) is 4.96. The number of aryl methyl sites for hydroxylation is 1. The van der Waals surface area contributed by atoms with Gasteiger partial charge in [0.15, 0.2) is 0 Å². The Balaban J connectivity index is 1.63. The van der Waals surface area contributed by atoms with E-state index in [4.69, 9.17) is 9.47 Å². The Morgan fingerprint density at radius 3 is 2.30 bits per heavy atom. The van der Waals surface area contributed by atoms with E-state index in [0.29, 0.717) is 42.3 Å². The minimum Gasteiger partial charge on any atom is -0.465 e. The van der Waals surface area contributed by atoms with Gasteiger partial charge in [-0.15, -0.1) is 0 Å². The van der Waals surface area contributed by atoms with Crippen molar-refractivity contribution in [3.05, 3.63) is 93.8 Å². The number of methoxy groups -OCH3 is 1. The van der Waals surface area contributed by atoms with Crippen molar-refractivity contribution in [2.24, 2.45) is 0 Å². The molecule has 0 spiro atoms. The van der Waals surface area contributed by atoms with Crippen LogP contribution in [0, 0.1) is 13.8 Å². The van der Waals surface area contributed by atoms with Gasteiger partial charge in [-0.25, -0.2) is 4.79 Å². The van der Waals surface area contributed by atoms with Crippen LogP contribution < -0.4 is 5.32 Å². The van der Waals surface area contributed by atoms with Gasteiger partial charge in [0, 0.05) is 12.2 Å². The fraction of sp³-hybridized carbons (Fsp3) is 0.250. The zero-order chi connectivity index (χ0) is 21.5. The molecule has 2 N–H and O–H groups in total. The van der Waals surface area contributed by atoms with E-state index < -0.39 is 5.97 Å². The second-order valence-electron chi connectivity index (χ2n) is 7.05. The molecule has 0 fully saturated rings. The first-order chi connectivity index (χ1) is 14.5. The summed E-state index contributed by atoms with van der Waals surface area (Å²) in [6.07, 6.45) is 0. The standard InChI is InChI=1S/C24H26N2O4/c1-16-21(24(28)29-3)17(2)26-22(16)23(27)25-13-19-11-7-8-12-20(19)15-30-14-18-9-5-4-6-10-18/h4-12,26H,13-15H2,1-3H3,(H,25,27). The molecule has 0 atom stereocenters. The summed E-state index contributed by atoms with van der Waals surface area (Å²) in [6, 6.07) is 17.8. The number of carbonyl (C=O) groups is 2. The molecule has 0 aliphatic heterocycles. The highest BCUT2D eigenvalue weighted by Crippen LogP contribution is 2.19. The fourth-order valence-electron chi connectivity index (χ4n) is 3.37. The lowest BCUT2D eigenvalue weighted by atomic mass is 10.1. The first kappa shape index (κ1) is 21.3. The number of esters is 1. The third-order valence-corrected chi connectivity index (χ3v) is 4.98. The Kier molecular flexibility index (Phi) is 7.03. The second-order valence-corrected chi connectivity index (χ2v) is 7.05. The van der Waals surface area contributed by atoms with Gasteiger partial charge < -0.3 is 19.8 Å². The molecule has 0 saturated heterocycles. The summed E-state index contributed by atoms with van der Waals surface area (Å²) < 4.78 is 10.6. The van der Waals surface area contributed by atoms with E-state index in [1.165, 1.54) is 7.11 Å². The maximum absolute atomic E-state index is 12.7. The van der Waals surface area contributed by atoms with Crippen LogP contribution in [0.2, 0.25) is 0 Å². The van der Waals surface area contributed by atoms with E-state index in [1.54, 1.807) is 13.8 Å². The second kappa shape index (κ2) is 9.89. The SMILES string of the molecule is COC(=O)c1c(C)[nH]c(C(=O)NCc2ccccc2COCc2ccccc2)c1C. The van der Waals surface area contributed by atoms with Crippen molar-refractivity contribution in [3.63, 3.8) is 0 Å². The van der Waals surface area contributed by atoms with Crippen LogP contribution in [0.4, 0.5) is 0 Å². The molecule has 0 aliphatic carbocycles. The number of rotatable bonds is 8. The van der Waals surface area contributed by atoms with Gasteiger partial charge in [-0.2, -0.15) is 0 Å². The minimum atomic E-state index is -0.457. The molecule has 0 aliphatic rings. The predicted molar refractivity (Wildman–Crippen MR) is 114 cm³/mol. The van der Waals surface area contributed by atoms with Crippen LogP contribution in [0.25, 0.3) is 0 Å². The molecule has 0 saturated carbocycles. The number of nitrogens with one attached hydrogen (secondary N) is 2. The number of aromatic nitrogens is 1. The summed E-state index contributed by atoms with van der Waals surface area (Å²) in [5.41, 5.74) is 5.07. The van der Waals surface area contributed by atoms with Gasteiger partial charge in [-0.05, 0) is 36.1 Å². The van der Waals surface area contributed by atoms with Crippen LogP contribution in [0.3, 0.4) is 0 Å². The lowest BCUT2D eigenvalue weighted by Crippen LogP contribution is -2.24. The van der Waals surface area contributed by atoms with E-state index in [0.717, 1.165) is 16.7 Å². The normalized spacial score (nSPS) is 10.6. The number of hydrogen-bond acceptors (Lipinski definition) is 4. The van der Waals surface area contributed by atoms with Crippen molar-refractivity contribution in [2.75, 3.05) is 7.11 Å². The molecule has 0 bridgehead atoms. The van der Waals surface area contributed by atoms with Crippen molar-refractivity contribution in [1.29, 1.82) is 0 Å². The highest BCUT2D eigenvalue weighted by atomic mass is 16.5. The zero-order valence-corrected chi connectivity index (χ0v) is 17.5. The van der Waals surface area contributed by atoms with Gasteiger partial charge in [-0.1, -0.05) is 54.6 Å². The van der Waals surface area contributed by atoms with Gasteiger partial charge in [0.1, 0.15) is 5.69 Å². The van der Waals surface area contributed by atoms with Crippen molar-refractivity contribution >= 4 is 11.9 Å². The Labute approximate surface area is 176 Å². The molecule has 1 aromatic heterocycles. The predicted octanol–water partition coefficient (Wildman–Crippen LogP) is 4.06. The Bertz CT molecular complexity index is 1020. The van der Waals surface area contributed by atoms with Gasteiger partial charge >= 0.3 is 5.97 Å². The summed E-state index contributed by atoms with van der Waals surface area (Å²) >= 11 is 0. The van der Waals surface area contributed by atoms with Gasteiger partial charge in [-0.3, -0.25) is 4.79 Å². The Morgan fingerprint density at radius 2 is 1.60 bits per heavy atom. The molecule has 6 heteroatoms. The Morgan fingerprint density at radius 1 is 0.933 bits per heavy atom. The molecule has 30 heavy (non-hydrogen) atoms. The number of benzene rings is 2. The number of hydrogen-bond donors (Lipinski definition) is 2. The molecule has 0 unspecified atom stereocenters. The number of carbonyl (C=O) groups excluding carboxylic acids is 2. The topological polar surface area (TPSA) is 80.4 Å². The average molecular weight is 406 g/mol. The average Bonchev–Trinajstić information content (AvgIpc) is 3.07. The molecular formula is C24H26N2O4. The van der Waals surface area contributed by atoms with Gasteiger partial charge in [0.2, 0.25) is 0 Å². The number of ether oxygens (including phenoxy) is 2. The highest BCUT2D eigenvalue weighted by Gasteiger charge is 2.22. The zero-order valence-electron chi connectivity index (χ0n) is 17.5. The van der Waals surface area contributed by atoms with Crippen LogP contribution in [-0.2, 0) is 29.2 Å². The van der Waals surface area contributed by atoms with E-state index in [9.17, 15) is 9.59 Å². The number of H-pyrrole nitrogens is 1. The van der Waals surface area contributed by atoms with Crippen LogP contribution in [0.15, 0.2) is 54.6 Å². The third-order valence-electron chi connectivity index (χ3n) is 4.98. The lowest BCUT2D eigenvalue weighted by molar-refractivity contribution is 0.0599. The first-order valence-electron chi connectivity index (χ1n) is 9.75. The monoisotopic (exact) mass is 406 g/mol. The fourth-order valence-corrected chi connectivity index (χ4v) is 3.37. The van der Waals surface area contributed by atoms with Crippen LogP contribution in [-0.4, -0.2) is 24.0 Å². The van der Waals surface area contributed by atoms with Crippen LogP contribution in [0.1, 0.15) is 48.8 Å². The molecule has 156 valence electrons. The summed E-state index contributed by atoms with van der Waals surface area (Å²) in [7, 11) is 1.32. The molecule has 6 nitrogen and oxygen atoms in total. The maximum atomic E-state index is 12.7. The van der Waals surface area contributed by atoms with Gasteiger partial charge in [0.05, 0.1) is 25.9 Å². The molecule has 1 heterocycles. The molecular weight excluding hydrogens is 380 g/mol. The van der Waals surface area contributed by atoms with Crippen molar-refractivity contribution in [1.82, 2.24) is 10.3 Å². The summed E-state index contributed by atoms with van der Waals surface area (Å²) in [5.74, 6) is -0.730. The molecule has 3 rings (SSSR count). The number of aromatic amines is 1. The summed E-state index contributed by atoms with van der Waals surface area (Å²) in [4.78, 5) is 27.6. The summed E-state index contributed by atoms with van der Waals surface area (Å²) in [5, 5.41) is 2.92. The van der Waals surface area contributed by atoms with Crippen LogP contribution >= 0.6 is 0 Å². The lowest BCUT2D eigenvalue weighted by Gasteiger charge is -2.11. The smallest absolute Gasteiger partial charge is 0.339 e. The largest absolute Gasteiger partial charge is 0.465 e. The number of amides is 1. The van der Waals surface area contributed by atoms with Crippen molar-refractivity contribution in [3.8, 4) is 0 Å². The first-order valence-corrected chi connectivity index (χ1v) is 9.75. The molecule has 1 amide bonds. The van der Waals surface area contributed by atoms with E-state index in [2.05, 4.69) is 10.3 Å². The minimum absolute atomic E-state index is 0.272. The Hall–Kier alpha value is -3.38. The molecule has 3 aromatic rings. The highest BCUT2D eigenvalue weighted by molar-refractivity contribution is 6.00. The quantitative estimate of drug-likeness (QED) is 0.553. The van der Waals surface area contributed by atoms with Crippen molar-refractivity contribution in [2.45, 2.75) is 33.6 Å². The van der Waals surface area contributed by atoms with E-state index >= 15 is 0 Å². The summed E-state index contributed by atoms with van der Waals surface area (Å²) in [6.45, 7) is 4.81.